The van der Waals surface area contributed by atoms with Gasteiger partial charge in [-0.3, -0.25) is 10.1 Å². The topological polar surface area (TPSA) is 79.0 Å². The lowest BCUT2D eigenvalue weighted by atomic mass is 9.84. The summed E-state index contributed by atoms with van der Waals surface area (Å²) in [7, 11) is 0. The maximum atomic E-state index is 11.0. The second kappa shape index (κ2) is 5.49. The number of nitro benzene ring substituents is 1. The van der Waals surface area contributed by atoms with Crippen LogP contribution in [0.25, 0.3) is 0 Å². The van der Waals surface area contributed by atoms with Gasteiger partial charge >= 0.3 is 0 Å². The number of benzene rings is 1. The molecule has 1 aromatic rings. The molecule has 1 fully saturated rings. The zero-order valence-electron chi connectivity index (χ0n) is 10.7. The van der Waals surface area contributed by atoms with E-state index >= 15 is 0 Å². The van der Waals surface area contributed by atoms with Gasteiger partial charge in [-0.15, -0.1) is 0 Å². The van der Waals surface area contributed by atoms with Crippen molar-refractivity contribution in [2.75, 3.05) is 18.1 Å². The van der Waals surface area contributed by atoms with Crippen LogP contribution in [0.5, 0.6) is 0 Å². The first-order chi connectivity index (χ1) is 9.10. The van der Waals surface area contributed by atoms with Gasteiger partial charge in [0.1, 0.15) is 5.69 Å². The zero-order chi connectivity index (χ0) is 13.9. The Morgan fingerprint density at radius 2 is 2.32 bits per heavy atom. The van der Waals surface area contributed by atoms with Gasteiger partial charge in [0.15, 0.2) is 0 Å². The summed E-state index contributed by atoms with van der Waals surface area (Å²) in [6, 6.07) is 6.40. The summed E-state index contributed by atoms with van der Waals surface area (Å²) in [5, 5.41) is 23.0. The van der Waals surface area contributed by atoms with E-state index in [-0.39, 0.29) is 10.4 Å². The maximum absolute atomic E-state index is 11.0. The number of nitriles is 1. The number of thioether (sulfide) groups is 1. The minimum absolute atomic E-state index is 0.0228. The molecule has 6 heteroatoms. The largest absolute Gasteiger partial charge is 0.378 e. The molecule has 0 saturated heterocycles. The molecule has 0 aromatic heterocycles. The van der Waals surface area contributed by atoms with Gasteiger partial charge < -0.3 is 5.32 Å². The summed E-state index contributed by atoms with van der Waals surface area (Å²) < 4.78 is 0.191. The zero-order valence-corrected chi connectivity index (χ0v) is 11.5. The van der Waals surface area contributed by atoms with Crippen molar-refractivity contribution in [3.8, 4) is 6.07 Å². The summed E-state index contributed by atoms with van der Waals surface area (Å²) in [6.45, 7) is 0.698. The molecule has 1 aliphatic rings. The highest BCUT2D eigenvalue weighted by atomic mass is 32.2. The minimum atomic E-state index is -0.421. The molecule has 0 heterocycles. The van der Waals surface area contributed by atoms with E-state index in [2.05, 4.69) is 11.6 Å². The highest BCUT2D eigenvalue weighted by Gasteiger charge is 2.36. The van der Waals surface area contributed by atoms with Crippen LogP contribution in [0.15, 0.2) is 18.2 Å². The standard InChI is InChI=1S/C13H15N3O2S/c1-19-13(5-2-6-13)9-15-11-7-10(8-14)3-4-12(11)16(17)18/h3-4,7,15H,2,5-6,9H2,1H3. The molecule has 0 amide bonds. The smallest absolute Gasteiger partial charge is 0.292 e. The summed E-state index contributed by atoms with van der Waals surface area (Å²) >= 11 is 1.81. The van der Waals surface area contributed by atoms with Crippen molar-refractivity contribution in [1.29, 1.82) is 5.26 Å². The monoisotopic (exact) mass is 277 g/mol. The summed E-state index contributed by atoms with van der Waals surface area (Å²) in [6.07, 6.45) is 5.55. The van der Waals surface area contributed by atoms with Crippen LogP contribution >= 0.6 is 11.8 Å². The Kier molecular flexibility index (Phi) is 3.96. The van der Waals surface area contributed by atoms with Gasteiger partial charge in [0.05, 0.1) is 16.6 Å². The number of hydrogen-bond donors (Lipinski definition) is 1. The van der Waals surface area contributed by atoms with Crippen LogP contribution in [0.4, 0.5) is 11.4 Å². The second-order valence-corrected chi connectivity index (χ2v) is 5.97. The van der Waals surface area contributed by atoms with Gasteiger partial charge in [0, 0.05) is 17.4 Å². The molecule has 0 radical (unpaired) electrons. The second-order valence-electron chi connectivity index (χ2n) is 4.70. The van der Waals surface area contributed by atoms with Crippen molar-refractivity contribution < 1.29 is 4.92 Å². The third-order valence-electron chi connectivity index (χ3n) is 3.62. The van der Waals surface area contributed by atoms with E-state index in [0.29, 0.717) is 17.8 Å². The normalized spacial score (nSPS) is 16.2. The maximum Gasteiger partial charge on any atom is 0.292 e. The highest BCUT2D eigenvalue weighted by molar-refractivity contribution is 8.00. The van der Waals surface area contributed by atoms with Crippen LogP contribution in [0, 0.1) is 21.4 Å². The van der Waals surface area contributed by atoms with Crippen molar-refractivity contribution in [2.45, 2.75) is 24.0 Å². The van der Waals surface area contributed by atoms with E-state index < -0.39 is 4.92 Å². The van der Waals surface area contributed by atoms with Crippen molar-refractivity contribution in [3.05, 3.63) is 33.9 Å². The quantitative estimate of drug-likeness (QED) is 0.660. The van der Waals surface area contributed by atoms with Gasteiger partial charge in [0.25, 0.3) is 5.69 Å². The van der Waals surface area contributed by atoms with Crippen molar-refractivity contribution in [1.82, 2.24) is 0 Å². The van der Waals surface area contributed by atoms with Gasteiger partial charge in [-0.25, -0.2) is 0 Å². The van der Waals surface area contributed by atoms with Crippen LogP contribution in [0.2, 0.25) is 0 Å². The average molecular weight is 277 g/mol. The Morgan fingerprint density at radius 1 is 1.58 bits per heavy atom. The lowest BCUT2D eigenvalue weighted by Crippen LogP contribution is -2.40. The summed E-state index contributed by atoms with van der Waals surface area (Å²) in [4.78, 5) is 10.6. The molecule has 2 rings (SSSR count). The van der Waals surface area contributed by atoms with Crippen LogP contribution in [-0.2, 0) is 0 Å². The molecule has 0 spiro atoms. The number of nitrogens with zero attached hydrogens (tertiary/aromatic N) is 2. The van der Waals surface area contributed by atoms with Crippen LogP contribution in [-0.4, -0.2) is 22.5 Å². The first-order valence-electron chi connectivity index (χ1n) is 6.08. The first-order valence-corrected chi connectivity index (χ1v) is 7.30. The minimum Gasteiger partial charge on any atom is -0.378 e. The van der Waals surface area contributed by atoms with Gasteiger partial charge in [0.2, 0.25) is 0 Å². The Bertz CT molecular complexity index is 530. The predicted molar refractivity (Wildman–Crippen MR) is 76.4 cm³/mol. The van der Waals surface area contributed by atoms with Crippen LogP contribution in [0.1, 0.15) is 24.8 Å². The molecule has 0 atom stereocenters. The van der Waals surface area contributed by atoms with Crippen LogP contribution < -0.4 is 5.32 Å². The van der Waals surface area contributed by atoms with Crippen molar-refractivity contribution >= 4 is 23.1 Å². The fourth-order valence-electron chi connectivity index (χ4n) is 2.19. The third kappa shape index (κ3) is 2.82. The number of nitrogens with one attached hydrogen (secondary N) is 1. The van der Waals surface area contributed by atoms with Crippen molar-refractivity contribution in [3.63, 3.8) is 0 Å². The van der Waals surface area contributed by atoms with E-state index in [4.69, 9.17) is 5.26 Å². The Hall–Kier alpha value is -1.74. The third-order valence-corrected chi connectivity index (χ3v) is 5.04. The molecule has 100 valence electrons. The molecule has 0 bridgehead atoms. The molecule has 0 unspecified atom stereocenters. The predicted octanol–water partition coefficient (Wildman–Crippen LogP) is 3.16. The van der Waals surface area contributed by atoms with Gasteiger partial charge in [-0.1, -0.05) is 6.42 Å². The summed E-state index contributed by atoms with van der Waals surface area (Å²) in [5.41, 5.74) is 0.888. The number of rotatable bonds is 5. The van der Waals surface area contributed by atoms with Gasteiger partial charge in [-0.2, -0.15) is 17.0 Å². The molecular formula is C13H15N3O2S. The van der Waals surface area contributed by atoms with E-state index in [1.54, 1.807) is 17.8 Å². The average Bonchev–Trinajstić information content (AvgIpc) is 2.37. The van der Waals surface area contributed by atoms with Crippen LogP contribution in [0.3, 0.4) is 0 Å². The lowest BCUT2D eigenvalue weighted by Gasteiger charge is -2.40. The molecule has 1 aliphatic carbocycles. The molecule has 1 aromatic carbocycles. The number of hydrogen-bond acceptors (Lipinski definition) is 5. The Morgan fingerprint density at radius 3 is 2.79 bits per heavy atom. The fourth-order valence-corrected chi connectivity index (χ4v) is 3.10. The molecule has 1 saturated carbocycles. The molecule has 19 heavy (non-hydrogen) atoms. The van der Waals surface area contributed by atoms with E-state index in [1.807, 2.05) is 6.07 Å². The molecule has 0 aliphatic heterocycles. The fraction of sp³-hybridized carbons (Fsp3) is 0.462. The molecule has 5 nitrogen and oxygen atoms in total. The number of anilines is 1. The van der Waals surface area contributed by atoms with E-state index in [9.17, 15) is 10.1 Å². The number of nitro groups is 1. The SMILES string of the molecule is CSC1(CNc2cc(C#N)ccc2[N+](=O)[O-])CCC1. The van der Waals surface area contributed by atoms with Crippen molar-refractivity contribution in [2.24, 2.45) is 0 Å². The molecular weight excluding hydrogens is 262 g/mol. The first kappa shape index (κ1) is 13.7. The summed E-state index contributed by atoms with van der Waals surface area (Å²) in [5.74, 6) is 0. The molecule has 1 N–H and O–H groups in total. The van der Waals surface area contributed by atoms with E-state index in [0.717, 1.165) is 12.8 Å². The lowest BCUT2D eigenvalue weighted by molar-refractivity contribution is -0.384. The Labute approximate surface area is 116 Å². The highest BCUT2D eigenvalue weighted by Crippen LogP contribution is 2.43. The van der Waals surface area contributed by atoms with E-state index in [1.165, 1.54) is 18.6 Å². The van der Waals surface area contributed by atoms with Gasteiger partial charge in [-0.05, 0) is 31.2 Å². The Balaban J connectivity index is 2.18.